The Labute approximate surface area is 200 Å². The molecule has 34 heavy (non-hydrogen) atoms. The average molecular weight is 481 g/mol. The van der Waals surface area contributed by atoms with Crippen molar-refractivity contribution < 1.29 is 22.7 Å². The van der Waals surface area contributed by atoms with E-state index in [1.807, 2.05) is 54.6 Å². The van der Waals surface area contributed by atoms with E-state index in [9.17, 15) is 13.2 Å². The second kappa shape index (κ2) is 10.3. The van der Waals surface area contributed by atoms with Crippen LogP contribution in [0.2, 0.25) is 0 Å². The largest absolute Gasteiger partial charge is 0.493 e. The Kier molecular flexibility index (Phi) is 7.19. The lowest BCUT2D eigenvalue weighted by atomic mass is 9.96. The standard InChI is InChI=1S/C26H28N2O5S/c1-32-24-13-12-21(18-25(24)33-2)34(30,31)28-16-14-20(15-17-28)26(29)27-23-11-7-6-10-22(23)19-8-4-3-5-9-19/h3-13,18,20H,14-17H2,1-2H3,(H,27,29). The summed E-state index contributed by atoms with van der Waals surface area (Å²) in [5.74, 6) is 0.467. The molecule has 1 N–H and O–H groups in total. The van der Waals surface area contributed by atoms with E-state index < -0.39 is 10.0 Å². The highest BCUT2D eigenvalue weighted by atomic mass is 32.2. The molecule has 178 valence electrons. The third-order valence-corrected chi connectivity index (χ3v) is 7.98. The first-order valence-electron chi connectivity index (χ1n) is 11.1. The summed E-state index contributed by atoms with van der Waals surface area (Å²) in [6.45, 7) is 0.546. The molecule has 7 nitrogen and oxygen atoms in total. The van der Waals surface area contributed by atoms with Crippen molar-refractivity contribution >= 4 is 21.6 Å². The Bertz CT molecular complexity index is 1250. The van der Waals surface area contributed by atoms with Crippen molar-refractivity contribution in [3.05, 3.63) is 72.8 Å². The topological polar surface area (TPSA) is 84.9 Å². The number of rotatable bonds is 7. The highest BCUT2D eigenvalue weighted by molar-refractivity contribution is 7.89. The fraction of sp³-hybridized carbons (Fsp3) is 0.269. The summed E-state index contributed by atoms with van der Waals surface area (Å²) in [5.41, 5.74) is 2.72. The maximum absolute atomic E-state index is 13.2. The third-order valence-electron chi connectivity index (χ3n) is 6.09. The molecule has 8 heteroatoms. The van der Waals surface area contributed by atoms with Gasteiger partial charge in [-0.15, -0.1) is 0 Å². The first-order valence-corrected chi connectivity index (χ1v) is 12.6. The second-order valence-corrected chi connectivity index (χ2v) is 10.0. The zero-order valence-electron chi connectivity index (χ0n) is 19.2. The van der Waals surface area contributed by atoms with Crippen molar-refractivity contribution in [2.24, 2.45) is 5.92 Å². The number of nitrogens with zero attached hydrogens (tertiary/aromatic N) is 1. The molecule has 1 heterocycles. The maximum atomic E-state index is 13.2. The van der Waals surface area contributed by atoms with Gasteiger partial charge in [0.05, 0.1) is 19.1 Å². The first-order chi connectivity index (χ1) is 16.4. The van der Waals surface area contributed by atoms with Crippen LogP contribution in [-0.2, 0) is 14.8 Å². The molecular formula is C26H28N2O5S. The van der Waals surface area contributed by atoms with Crippen LogP contribution in [0.5, 0.6) is 11.5 Å². The van der Waals surface area contributed by atoms with Gasteiger partial charge in [-0.25, -0.2) is 8.42 Å². The van der Waals surface area contributed by atoms with Crippen LogP contribution in [0.25, 0.3) is 11.1 Å². The van der Waals surface area contributed by atoms with Crippen LogP contribution >= 0.6 is 0 Å². The van der Waals surface area contributed by atoms with E-state index in [1.165, 1.54) is 30.7 Å². The van der Waals surface area contributed by atoms with Crippen molar-refractivity contribution in [3.8, 4) is 22.6 Å². The Morgan fingerprint density at radius 3 is 2.21 bits per heavy atom. The summed E-state index contributed by atoms with van der Waals surface area (Å²) in [6.07, 6.45) is 0.901. The molecule has 0 unspecified atom stereocenters. The van der Waals surface area contributed by atoms with Crippen LogP contribution in [0.4, 0.5) is 5.69 Å². The number of piperidine rings is 1. The molecule has 1 aliphatic rings. The van der Waals surface area contributed by atoms with Gasteiger partial charge in [0.25, 0.3) is 0 Å². The first kappa shape index (κ1) is 23.8. The lowest BCUT2D eigenvalue weighted by Gasteiger charge is -2.30. The number of hydrogen-bond donors (Lipinski definition) is 1. The van der Waals surface area contributed by atoms with Crippen molar-refractivity contribution in [1.29, 1.82) is 0 Å². The summed E-state index contributed by atoms with van der Waals surface area (Å²) in [6, 6.07) is 22.1. The van der Waals surface area contributed by atoms with E-state index in [0.29, 0.717) is 24.3 Å². The zero-order chi connectivity index (χ0) is 24.1. The molecule has 0 atom stereocenters. The van der Waals surface area contributed by atoms with Crippen LogP contribution in [-0.4, -0.2) is 45.9 Å². The number of para-hydroxylation sites is 1. The molecule has 0 spiro atoms. The minimum atomic E-state index is -3.70. The fourth-order valence-corrected chi connectivity index (χ4v) is 5.67. The van der Waals surface area contributed by atoms with E-state index >= 15 is 0 Å². The number of sulfonamides is 1. The molecule has 4 rings (SSSR count). The predicted molar refractivity (Wildman–Crippen MR) is 132 cm³/mol. The van der Waals surface area contributed by atoms with Gasteiger partial charge < -0.3 is 14.8 Å². The van der Waals surface area contributed by atoms with Crippen LogP contribution in [0.15, 0.2) is 77.7 Å². The molecule has 3 aromatic carbocycles. The van der Waals surface area contributed by atoms with Crippen molar-refractivity contribution in [3.63, 3.8) is 0 Å². The van der Waals surface area contributed by atoms with Gasteiger partial charge in [0.1, 0.15) is 0 Å². The SMILES string of the molecule is COc1ccc(S(=O)(=O)N2CCC(C(=O)Nc3ccccc3-c3ccccc3)CC2)cc1OC. The fourth-order valence-electron chi connectivity index (χ4n) is 4.18. The Morgan fingerprint density at radius 1 is 0.882 bits per heavy atom. The number of methoxy groups -OCH3 is 2. The maximum Gasteiger partial charge on any atom is 0.243 e. The quantitative estimate of drug-likeness (QED) is 0.542. The Morgan fingerprint density at radius 2 is 1.53 bits per heavy atom. The summed E-state index contributed by atoms with van der Waals surface area (Å²) in [5, 5.41) is 3.05. The van der Waals surface area contributed by atoms with Gasteiger partial charge in [-0.1, -0.05) is 48.5 Å². The molecule has 1 fully saturated rings. The van der Waals surface area contributed by atoms with Gasteiger partial charge in [-0.2, -0.15) is 4.31 Å². The molecular weight excluding hydrogens is 452 g/mol. The minimum absolute atomic E-state index is 0.0912. The minimum Gasteiger partial charge on any atom is -0.493 e. The molecule has 1 aliphatic heterocycles. The number of carbonyl (C=O) groups is 1. The van der Waals surface area contributed by atoms with Gasteiger partial charge >= 0.3 is 0 Å². The number of ether oxygens (including phenoxy) is 2. The molecule has 3 aromatic rings. The van der Waals surface area contributed by atoms with Crippen LogP contribution in [0.1, 0.15) is 12.8 Å². The van der Waals surface area contributed by atoms with Crippen LogP contribution in [0, 0.1) is 5.92 Å². The zero-order valence-corrected chi connectivity index (χ0v) is 20.0. The number of anilines is 1. The molecule has 0 radical (unpaired) electrons. The monoisotopic (exact) mass is 480 g/mol. The van der Waals surface area contributed by atoms with Crippen molar-refractivity contribution in [2.75, 3.05) is 32.6 Å². The number of benzene rings is 3. The average Bonchev–Trinajstić information content (AvgIpc) is 2.89. The van der Waals surface area contributed by atoms with E-state index in [1.54, 1.807) is 6.07 Å². The molecule has 0 aromatic heterocycles. The van der Waals surface area contributed by atoms with E-state index in [2.05, 4.69) is 5.32 Å². The molecule has 0 bridgehead atoms. The van der Waals surface area contributed by atoms with Gasteiger partial charge in [-0.3, -0.25) is 4.79 Å². The molecule has 0 saturated carbocycles. The van der Waals surface area contributed by atoms with Gasteiger partial charge in [-0.05, 0) is 36.6 Å². The van der Waals surface area contributed by atoms with Gasteiger partial charge in [0, 0.05) is 36.3 Å². The summed E-state index contributed by atoms with van der Waals surface area (Å²) in [7, 11) is -0.738. The lowest BCUT2D eigenvalue weighted by Crippen LogP contribution is -2.41. The number of nitrogens with one attached hydrogen (secondary N) is 1. The molecule has 1 amide bonds. The smallest absolute Gasteiger partial charge is 0.243 e. The van der Waals surface area contributed by atoms with Crippen LogP contribution in [0.3, 0.4) is 0 Å². The Balaban J connectivity index is 1.43. The van der Waals surface area contributed by atoms with E-state index in [0.717, 1.165) is 16.8 Å². The third kappa shape index (κ3) is 4.93. The second-order valence-electron chi connectivity index (χ2n) is 8.10. The van der Waals surface area contributed by atoms with Crippen molar-refractivity contribution in [1.82, 2.24) is 4.31 Å². The van der Waals surface area contributed by atoms with Crippen molar-refractivity contribution in [2.45, 2.75) is 17.7 Å². The lowest BCUT2D eigenvalue weighted by molar-refractivity contribution is -0.120. The number of hydrogen-bond acceptors (Lipinski definition) is 5. The van der Waals surface area contributed by atoms with Crippen LogP contribution < -0.4 is 14.8 Å². The van der Waals surface area contributed by atoms with E-state index in [4.69, 9.17) is 9.47 Å². The summed E-state index contributed by atoms with van der Waals surface area (Å²) in [4.78, 5) is 13.2. The molecule has 1 saturated heterocycles. The van der Waals surface area contributed by atoms with Gasteiger partial charge in [0.2, 0.25) is 15.9 Å². The Hall–Kier alpha value is -3.36. The summed E-state index contributed by atoms with van der Waals surface area (Å²) >= 11 is 0. The number of amides is 1. The highest BCUT2D eigenvalue weighted by Crippen LogP contribution is 2.33. The summed E-state index contributed by atoms with van der Waals surface area (Å²) < 4.78 is 38.2. The van der Waals surface area contributed by atoms with E-state index in [-0.39, 0.29) is 29.8 Å². The predicted octanol–water partition coefficient (Wildman–Crippen LogP) is 4.41. The molecule has 0 aliphatic carbocycles. The van der Waals surface area contributed by atoms with Gasteiger partial charge in [0.15, 0.2) is 11.5 Å². The number of carbonyl (C=O) groups excluding carboxylic acids is 1. The normalized spacial score (nSPS) is 15.0. The highest BCUT2D eigenvalue weighted by Gasteiger charge is 2.32.